The number of halogens is 1. The number of nitrogens with zero attached hydrogens (tertiary/aromatic N) is 1. The van der Waals surface area contributed by atoms with Crippen molar-refractivity contribution in [2.45, 2.75) is 5.88 Å². The molecule has 0 N–H and O–H groups in total. The highest BCUT2D eigenvalue weighted by atomic mass is 35.5. The maximum Gasteiger partial charge on any atom is 0.124 e. The molecule has 84 valence electrons. The van der Waals surface area contributed by atoms with Crippen LogP contribution in [0.15, 0.2) is 48.5 Å². The molecule has 0 unspecified atom stereocenters. The summed E-state index contributed by atoms with van der Waals surface area (Å²) < 4.78 is 1.21. The van der Waals surface area contributed by atoms with Gasteiger partial charge in [-0.2, -0.15) is 0 Å². The Kier molecular flexibility index (Phi) is 2.83. The minimum absolute atomic E-state index is 0.520. The van der Waals surface area contributed by atoms with Crippen LogP contribution in [0.25, 0.3) is 20.8 Å². The van der Waals surface area contributed by atoms with Crippen molar-refractivity contribution in [3.8, 4) is 10.6 Å². The lowest BCUT2D eigenvalue weighted by Crippen LogP contribution is -1.84. The fraction of sp³-hybridized carbons (Fsp3) is 0.0714. The quantitative estimate of drug-likeness (QED) is 0.608. The summed E-state index contributed by atoms with van der Waals surface area (Å²) in [4.78, 5) is 4.65. The van der Waals surface area contributed by atoms with Crippen LogP contribution in [0.1, 0.15) is 5.56 Å². The summed E-state index contributed by atoms with van der Waals surface area (Å²) in [6, 6.07) is 16.4. The van der Waals surface area contributed by atoms with Crippen LogP contribution in [0.3, 0.4) is 0 Å². The first-order chi connectivity index (χ1) is 8.38. The number of hydrogen-bond acceptors (Lipinski definition) is 2. The number of fused-ring (bicyclic) bond motifs is 1. The minimum atomic E-state index is 0.520. The van der Waals surface area contributed by atoms with E-state index in [-0.39, 0.29) is 0 Å². The Morgan fingerprint density at radius 1 is 1.00 bits per heavy atom. The van der Waals surface area contributed by atoms with Gasteiger partial charge in [0.05, 0.1) is 10.2 Å². The molecule has 0 fully saturated rings. The first kappa shape index (κ1) is 10.8. The van der Waals surface area contributed by atoms with Crippen molar-refractivity contribution in [3.63, 3.8) is 0 Å². The van der Waals surface area contributed by atoms with Crippen LogP contribution in [-0.2, 0) is 5.88 Å². The predicted molar refractivity (Wildman–Crippen MR) is 74.6 cm³/mol. The van der Waals surface area contributed by atoms with Gasteiger partial charge in [0.2, 0.25) is 0 Å². The van der Waals surface area contributed by atoms with Crippen molar-refractivity contribution in [2.24, 2.45) is 0 Å². The van der Waals surface area contributed by atoms with E-state index >= 15 is 0 Å². The summed E-state index contributed by atoms with van der Waals surface area (Å²) in [5.41, 5.74) is 3.33. The van der Waals surface area contributed by atoms with Crippen molar-refractivity contribution >= 4 is 33.2 Å². The lowest BCUT2D eigenvalue weighted by Gasteiger charge is -2.02. The zero-order chi connectivity index (χ0) is 11.7. The van der Waals surface area contributed by atoms with Gasteiger partial charge in [0.15, 0.2) is 0 Å². The van der Waals surface area contributed by atoms with Crippen LogP contribution >= 0.6 is 22.9 Å². The highest BCUT2D eigenvalue weighted by molar-refractivity contribution is 7.21. The van der Waals surface area contributed by atoms with E-state index < -0.39 is 0 Å². The lowest BCUT2D eigenvalue weighted by molar-refractivity contribution is 1.37. The Morgan fingerprint density at radius 2 is 1.76 bits per heavy atom. The van der Waals surface area contributed by atoms with E-state index in [9.17, 15) is 0 Å². The molecule has 1 aromatic heterocycles. The van der Waals surface area contributed by atoms with Crippen LogP contribution < -0.4 is 0 Å². The lowest BCUT2D eigenvalue weighted by atomic mass is 10.1. The van der Waals surface area contributed by atoms with E-state index in [4.69, 9.17) is 11.6 Å². The summed E-state index contributed by atoms with van der Waals surface area (Å²) in [5.74, 6) is 0.520. The third kappa shape index (κ3) is 1.94. The molecule has 0 amide bonds. The first-order valence-corrected chi connectivity index (χ1v) is 6.73. The van der Waals surface area contributed by atoms with Crippen molar-refractivity contribution in [3.05, 3.63) is 54.1 Å². The highest BCUT2D eigenvalue weighted by Crippen LogP contribution is 2.32. The van der Waals surface area contributed by atoms with Crippen molar-refractivity contribution in [1.29, 1.82) is 0 Å². The third-order valence-corrected chi connectivity index (χ3v) is 4.04. The van der Waals surface area contributed by atoms with Gasteiger partial charge in [0.1, 0.15) is 5.01 Å². The largest absolute Gasteiger partial charge is 0.236 e. The fourth-order valence-electron chi connectivity index (χ4n) is 1.83. The third-order valence-electron chi connectivity index (χ3n) is 2.69. The molecule has 0 saturated carbocycles. The molecule has 2 aromatic carbocycles. The average Bonchev–Trinajstić information content (AvgIpc) is 2.82. The zero-order valence-corrected chi connectivity index (χ0v) is 10.6. The van der Waals surface area contributed by atoms with Crippen molar-refractivity contribution in [1.82, 2.24) is 4.98 Å². The number of alkyl halides is 1. The van der Waals surface area contributed by atoms with E-state index in [1.54, 1.807) is 11.3 Å². The molecule has 0 radical (unpaired) electrons. The molecular weight excluding hydrogens is 250 g/mol. The Bertz CT molecular complexity index is 627. The van der Waals surface area contributed by atoms with Crippen LogP contribution in [0, 0.1) is 0 Å². The molecule has 3 aromatic rings. The standard InChI is InChI=1S/C14H10ClNS/c15-9-10-5-1-2-6-11(10)14-16-12-7-3-4-8-13(12)17-14/h1-8H,9H2. The van der Waals surface area contributed by atoms with Gasteiger partial charge in [-0.15, -0.1) is 22.9 Å². The molecule has 1 nitrogen and oxygen atoms in total. The maximum atomic E-state index is 5.96. The molecule has 1 heterocycles. The van der Waals surface area contributed by atoms with E-state index in [1.807, 2.05) is 30.3 Å². The topological polar surface area (TPSA) is 12.9 Å². The monoisotopic (exact) mass is 259 g/mol. The number of thiazole rings is 1. The van der Waals surface area contributed by atoms with E-state index in [0.717, 1.165) is 21.7 Å². The SMILES string of the molecule is ClCc1ccccc1-c1nc2ccccc2s1. The van der Waals surface area contributed by atoms with E-state index in [1.165, 1.54) is 4.70 Å². The molecule has 0 aliphatic heterocycles. The minimum Gasteiger partial charge on any atom is -0.236 e. The van der Waals surface area contributed by atoms with Gasteiger partial charge in [-0.3, -0.25) is 0 Å². The number of benzene rings is 2. The van der Waals surface area contributed by atoms with E-state index in [0.29, 0.717) is 5.88 Å². The summed E-state index contributed by atoms with van der Waals surface area (Å²) in [6.07, 6.45) is 0. The molecule has 0 saturated heterocycles. The Labute approximate surface area is 109 Å². The van der Waals surface area contributed by atoms with Gasteiger partial charge < -0.3 is 0 Å². The molecule has 17 heavy (non-hydrogen) atoms. The molecule has 0 spiro atoms. The molecule has 0 bridgehead atoms. The van der Waals surface area contributed by atoms with Gasteiger partial charge in [0, 0.05) is 11.4 Å². The van der Waals surface area contributed by atoms with Crippen LogP contribution in [0.2, 0.25) is 0 Å². The predicted octanol–water partition coefficient (Wildman–Crippen LogP) is 4.70. The van der Waals surface area contributed by atoms with Gasteiger partial charge >= 0.3 is 0 Å². The van der Waals surface area contributed by atoms with E-state index in [2.05, 4.69) is 23.2 Å². The number of aromatic nitrogens is 1. The number of rotatable bonds is 2. The van der Waals surface area contributed by atoms with Crippen molar-refractivity contribution < 1.29 is 0 Å². The van der Waals surface area contributed by atoms with Gasteiger partial charge in [-0.05, 0) is 17.7 Å². The summed E-state index contributed by atoms with van der Waals surface area (Å²) in [5, 5.41) is 1.04. The van der Waals surface area contributed by atoms with Gasteiger partial charge in [0.25, 0.3) is 0 Å². The highest BCUT2D eigenvalue weighted by Gasteiger charge is 2.08. The second-order valence-electron chi connectivity index (χ2n) is 3.78. The fourth-order valence-corrected chi connectivity index (χ4v) is 3.09. The Morgan fingerprint density at radius 3 is 2.59 bits per heavy atom. The Balaban J connectivity index is 2.20. The second kappa shape index (κ2) is 4.47. The van der Waals surface area contributed by atoms with Gasteiger partial charge in [-0.1, -0.05) is 36.4 Å². The van der Waals surface area contributed by atoms with Crippen LogP contribution in [0.4, 0.5) is 0 Å². The number of para-hydroxylation sites is 1. The van der Waals surface area contributed by atoms with Crippen LogP contribution in [0.5, 0.6) is 0 Å². The van der Waals surface area contributed by atoms with Crippen molar-refractivity contribution in [2.75, 3.05) is 0 Å². The van der Waals surface area contributed by atoms with Gasteiger partial charge in [-0.25, -0.2) is 4.98 Å². The summed E-state index contributed by atoms with van der Waals surface area (Å²) >= 11 is 7.67. The second-order valence-corrected chi connectivity index (χ2v) is 5.08. The first-order valence-electron chi connectivity index (χ1n) is 5.38. The maximum absolute atomic E-state index is 5.96. The van der Waals surface area contributed by atoms with Crippen LogP contribution in [-0.4, -0.2) is 4.98 Å². The normalized spacial score (nSPS) is 10.9. The molecule has 0 aliphatic carbocycles. The molecule has 0 atom stereocenters. The zero-order valence-electron chi connectivity index (χ0n) is 9.06. The number of hydrogen-bond donors (Lipinski definition) is 0. The average molecular weight is 260 g/mol. The Hall–Kier alpha value is -1.38. The summed E-state index contributed by atoms with van der Waals surface area (Å²) in [7, 11) is 0. The molecule has 3 heteroatoms. The molecule has 0 aliphatic rings. The summed E-state index contributed by atoms with van der Waals surface area (Å²) in [6.45, 7) is 0. The molecular formula is C14H10ClNS. The molecule has 3 rings (SSSR count). The smallest absolute Gasteiger partial charge is 0.124 e.